The Balaban J connectivity index is 1.90. The number of nitrogens with zero attached hydrogens (tertiary/aromatic N) is 1. The van der Waals surface area contributed by atoms with Gasteiger partial charge in [-0.1, -0.05) is 43.1 Å². The first kappa shape index (κ1) is 22.0. The fourth-order valence-corrected chi connectivity index (χ4v) is 3.23. The Bertz CT molecular complexity index is 723. The maximum atomic E-state index is 13.2. The summed E-state index contributed by atoms with van der Waals surface area (Å²) in [6, 6.07) is 9.87. The summed E-state index contributed by atoms with van der Waals surface area (Å²) >= 11 is 12.2. The minimum absolute atomic E-state index is 0.274. The molecule has 0 amide bonds. The molecule has 2 rings (SSSR count). The highest BCUT2D eigenvalue weighted by Crippen LogP contribution is 2.25. The van der Waals surface area contributed by atoms with Gasteiger partial charge in [-0.15, -0.1) is 0 Å². The third-order valence-electron chi connectivity index (χ3n) is 4.46. The number of nitrogens with one attached hydrogen (secondary N) is 1. The number of halogens is 3. The largest absolute Gasteiger partial charge is 0.489 e. The van der Waals surface area contributed by atoms with Crippen LogP contribution in [0, 0.1) is 5.82 Å². The van der Waals surface area contributed by atoms with Gasteiger partial charge >= 0.3 is 0 Å². The second-order valence-electron chi connectivity index (χ2n) is 6.33. The Morgan fingerprint density at radius 2 is 1.81 bits per heavy atom. The number of rotatable bonds is 11. The zero-order chi connectivity index (χ0) is 19.6. The van der Waals surface area contributed by atoms with Crippen LogP contribution >= 0.6 is 23.2 Å². The van der Waals surface area contributed by atoms with Gasteiger partial charge in [-0.05, 0) is 62.9 Å². The Labute approximate surface area is 171 Å². The summed E-state index contributed by atoms with van der Waals surface area (Å²) < 4.78 is 19.1. The Hall–Kier alpha value is -1.33. The maximum Gasteiger partial charge on any atom is 0.124 e. The Morgan fingerprint density at radius 3 is 2.52 bits per heavy atom. The van der Waals surface area contributed by atoms with Crippen LogP contribution in [0.1, 0.15) is 31.4 Å². The molecule has 6 heteroatoms. The first-order valence-electron chi connectivity index (χ1n) is 9.31. The second kappa shape index (κ2) is 11.5. The van der Waals surface area contributed by atoms with E-state index in [9.17, 15) is 4.39 Å². The van der Waals surface area contributed by atoms with Gasteiger partial charge in [0.25, 0.3) is 0 Å². The van der Waals surface area contributed by atoms with Crippen molar-refractivity contribution in [3.8, 4) is 5.75 Å². The molecule has 0 spiro atoms. The first-order valence-corrected chi connectivity index (χ1v) is 10.1. The van der Waals surface area contributed by atoms with Crippen molar-refractivity contribution < 1.29 is 9.13 Å². The molecule has 3 nitrogen and oxygen atoms in total. The molecule has 0 bridgehead atoms. The highest BCUT2D eigenvalue weighted by atomic mass is 35.5. The lowest BCUT2D eigenvalue weighted by atomic mass is 10.2. The quantitative estimate of drug-likeness (QED) is 0.490. The predicted molar refractivity (Wildman–Crippen MR) is 111 cm³/mol. The molecule has 1 N–H and O–H groups in total. The third-order valence-corrected chi connectivity index (χ3v) is 5.05. The lowest BCUT2D eigenvalue weighted by molar-refractivity contribution is 0.295. The second-order valence-corrected chi connectivity index (χ2v) is 7.18. The lowest BCUT2D eigenvalue weighted by Gasteiger charge is -2.18. The summed E-state index contributed by atoms with van der Waals surface area (Å²) in [6.07, 6.45) is 1.09. The molecule has 0 aromatic heterocycles. The van der Waals surface area contributed by atoms with Gasteiger partial charge in [-0.25, -0.2) is 4.39 Å². The van der Waals surface area contributed by atoms with Crippen LogP contribution in [0.3, 0.4) is 0 Å². The van der Waals surface area contributed by atoms with E-state index in [1.165, 1.54) is 12.1 Å². The minimum atomic E-state index is -0.357. The van der Waals surface area contributed by atoms with Gasteiger partial charge in [-0.3, -0.25) is 0 Å². The summed E-state index contributed by atoms with van der Waals surface area (Å²) in [4.78, 5) is 2.40. The van der Waals surface area contributed by atoms with Crippen LogP contribution in [0.5, 0.6) is 5.75 Å². The van der Waals surface area contributed by atoms with Crippen LogP contribution in [-0.4, -0.2) is 31.1 Å². The SMILES string of the molecule is CCN(CC)CCCNCc1cc(Cl)ccc1OCc1ccc(F)cc1Cl. The Kier molecular flexibility index (Phi) is 9.35. The van der Waals surface area contributed by atoms with Gasteiger partial charge < -0.3 is 15.0 Å². The van der Waals surface area contributed by atoms with Gasteiger partial charge in [-0.2, -0.15) is 0 Å². The normalized spacial score (nSPS) is 11.2. The van der Waals surface area contributed by atoms with Crippen molar-refractivity contribution in [1.29, 1.82) is 0 Å². The van der Waals surface area contributed by atoms with Crippen LogP contribution < -0.4 is 10.1 Å². The van der Waals surface area contributed by atoms with Crippen molar-refractivity contribution in [2.24, 2.45) is 0 Å². The lowest BCUT2D eigenvalue weighted by Crippen LogP contribution is -2.27. The zero-order valence-corrected chi connectivity index (χ0v) is 17.4. The molecule has 148 valence electrons. The summed E-state index contributed by atoms with van der Waals surface area (Å²) in [5, 5.41) is 4.48. The number of hydrogen-bond acceptors (Lipinski definition) is 3. The van der Waals surface area contributed by atoms with Crippen LogP contribution in [0.2, 0.25) is 10.0 Å². The van der Waals surface area contributed by atoms with Gasteiger partial charge in [0.1, 0.15) is 18.2 Å². The molecular weight excluding hydrogens is 386 g/mol. The molecule has 0 radical (unpaired) electrons. The molecule has 0 aliphatic rings. The highest BCUT2D eigenvalue weighted by Gasteiger charge is 2.08. The molecule has 0 aliphatic heterocycles. The van der Waals surface area contributed by atoms with E-state index in [0.717, 1.165) is 49.5 Å². The smallest absolute Gasteiger partial charge is 0.124 e. The van der Waals surface area contributed by atoms with E-state index in [4.69, 9.17) is 27.9 Å². The van der Waals surface area contributed by atoms with E-state index in [2.05, 4.69) is 24.1 Å². The van der Waals surface area contributed by atoms with Crippen molar-refractivity contribution in [1.82, 2.24) is 10.2 Å². The van der Waals surface area contributed by atoms with E-state index >= 15 is 0 Å². The van der Waals surface area contributed by atoms with Gasteiger partial charge in [0.15, 0.2) is 0 Å². The van der Waals surface area contributed by atoms with Crippen molar-refractivity contribution >= 4 is 23.2 Å². The van der Waals surface area contributed by atoms with Crippen LogP contribution in [-0.2, 0) is 13.2 Å². The monoisotopic (exact) mass is 412 g/mol. The molecule has 0 heterocycles. The fraction of sp³-hybridized carbons (Fsp3) is 0.429. The van der Waals surface area contributed by atoms with Gasteiger partial charge in [0.2, 0.25) is 0 Å². The molecule has 27 heavy (non-hydrogen) atoms. The van der Waals surface area contributed by atoms with Crippen molar-refractivity contribution in [2.45, 2.75) is 33.4 Å². The van der Waals surface area contributed by atoms with E-state index in [0.29, 0.717) is 16.6 Å². The average molecular weight is 413 g/mol. The summed E-state index contributed by atoms with van der Waals surface area (Å²) in [5.41, 5.74) is 1.73. The van der Waals surface area contributed by atoms with E-state index in [-0.39, 0.29) is 12.4 Å². The standard InChI is InChI=1S/C21H27Cl2FN2O/c1-3-26(4-2)11-5-10-25-14-17-12-18(22)7-9-21(17)27-15-16-6-8-19(24)13-20(16)23/h6-9,12-13,25H,3-5,10-11,14-15H2,1-2H3. The summed E-state index contributed by atoms with van der Waals surface area (Å²) in [7, 11) is 0. The zero-order valence-electron chi connectivity index (χ0n) is 15.9. The summed E-state index contributed by atoms with van der Waals surface area (Å²) in [5.74, 6) is 0.390. The molecule has 0 aliphatic carbocycles. The number of hydrogen-bond donors (Lipinski definition) is 1. The van der Waals surface area contributed by atoms with Gasteiger partial charge in [0, 0.05) is 22.7 Å². The molecule has 0 saturated carbocycles. The first-order chi connectivity index (χ1) is 13.0. The van der Waals surface area contributed by atoms with Crippen molar-refractivity contribution in [3.63, 3.8) is 0 Å². The number of ether oxygens (including phenoxy) is 1. The minimum Gasteiger partial charge on any atom is -0.489 e. The average Bonchev–Trinajstić information content (AvgIpc) is 2.65. The topological polar surface area (TPSA) is 24.5 Å². The molecule has 0 unspecified atom stereocenters. The Morgan fingerprint density at radius 1 is 1.04 bits per heavy atom. The molecule has 0 saturated heterocycles. The third kappa shape index (κ3) is 7.30. The summed E-state index contributed by atoms with van der Waals surface area (Å²) in [6.45, 7) is 9.47. The molecular formula is C21H27Cl2FN2O. The predicted octanol–water partition coefficient (Wildman–Crippen LogP) is 5.53. The van der Waals surface area contributed by atoms with Crippen molar-refractivity contribution in [3.05, 3.63) is 63.4 Å². The molecule has 2 aromatic carbocycles. The van der Waals surface area contributed by atoms with Gasteiger partial charge in [0.05, 0.1) is 5.02 Å². The fourth-order valence-electron chi connectivity index (χ4n) is 2.81. The van der Waals surface area contributed by atoms with E-state index < -0.39 is 0 Å². The molecule has 2 aromatic rings. The number of benzene rings is 2. The maximum absolute atomic E-state index is 13.2. The van der Waals surface area contributed by atoms with Crippen LogP contribution in [0.4, 0.5) is 4.39 Å². The van der Waals surface area contributed by atoms with Crippen LogP contribution in [0.25, 0.3) is 0 Å². The van der Waals surface area contributed by atoms with Crippen LogP contribution in [0.15, 0.2) is 36.4 Å². The van der Waals surface area contributed by atoms with Crippen molar-refractivity contribution in [2.75, 3.05) is 26.2 Å². The molecule has 0 fully saturated rings. The van der Waals surface area contributed by atoms with E-state index in [1.807, 2.05) is 12.1 Å². The highest BCUT2D eigenvalue weighted by molar-refractivity contribution is 6.31. The van der Waals surface area contributed by atoms with E-state index in [1.54, 1.807) is 12.1 Å². The molecule has 0 atom stereocenters.